The summed E-state index contributed by atoms with van der Waals surface area (Å²) in [5, 5.41) is 3.49. The summed E-state index contributed by atoms with van der Waals surface area (Å²) in [6, 6.07) is 12.0. The maximum Gasteiger partial charge on any atom is 0.395 e. The van der Waals surface area contributed by atoms with Gasteiger partial charge in [0.2, 0.25) is 5.95 Å². The second kappa shape index (κ2) is 11.0. The number of aromatic nitrogens is 3. The van der Waals surface area contributed by atoms with Crippen LogP contribution in [0, 0.1) is 6.92 Å². The van der Waals surface area contributed by atoms with Gasteiger partial charge in [0, 0.05) is 10.7 Å². The number of rotatable bonds is 9. The number of ether oxygens (including phenoxy) is 1. The van der Waals surface area contributed by atoms with Crippen LogP contribution >= 0.6 is 11.6 Å². The lowest BCUT2D eigenvalue weighted by Crippen LogP contribution is -2.45. The van der Waals surface area contributed by atoms with Gasteiger partial charge in [0.25, 0.3) is 5.78 Å². The molecule has 0 spiro atoms. The smallest absolute Gasteiger partial charge is 0.395 e. The summed E-state index contributed by atoms with van der Waals surface area (Å²) in [6.07, 6.45) is -0.00872. The topological polar surface area (TPSA) is 148 Å². The zero-order valence-corrected chi connectivity index (χ0v) is 20.0. The Labute approximate surface area is 205 Å². The van der Waals surface area contributed by atoms with Gasteiger partial charge in [-0.25, -0.2) is 19.0 Å². The molecule has 11 nitrogen and oxygen atoms in total. The minimum atomic E-state index is -1.39. The Morgan fingerprint density at radius 1 is 1.11 bits per heavy atom. The Morgan fingerprint density at radius 2 is 1.80 bits per heavy atom. The molecule has 0 fully saturated rings. The molecule has 0 saturated heterocycles. The molecular formula is C23H24ClN5O6. The number of carbonyl (C=O) groups is 2. The number of nitrogens with two attached hydrogens (primary N) is 1. The number of hydrogen-bond acceptors (Lipinski definition) is 9. The zero-order chi connectivity index (χ0) is 25.7. The van der Waals surface area contributed by atoms with Crippen LogP contribution in [0.2, 0.25) is 5.02 Å². The molecule has 0 aliphatic heterocycles. The van der Waals surface area contributed by atoms with Crippen molar-refractivity contribution in [3.05, 3.63) is 79.6 Å². The van der Waals surface area contributed by atoms with Crippen molar-refractivity contribution in [1.29, 1.82) is 0 Å². The molecule has 12 heteroatoms. The van der Waals surface area contributed by atoms with Crippen LogP contribution in [0.5, 0.6) is 5.75 Å². The summed E-state index contributed by atoms with van der Waals surface area (Å²) in [5.74, 6) is 2.79. The number of nitrogens with one attached hydrogen (secondary N) is 1. The number of anilines is 2. The van der Waals surface area contributed by atoms with Crippen molar-refractivity contribution in [3.63, 3.8) is 0 Å². The third-order valence-corrected chi connectivity index (χ3v) is 5.09. The zero-order valence-electron chi connectivity index (χ0n) is 19.3. The molecule has 0 aliphatic rings. The number of Topliss-reactive ketones (excluding diaryl/α,β-unsaturated/α-hetero) is 1. The van der Waals surface area contributed by atoms with Crippen LogP contribution in [-0.4, -0.2) is 32.0 Å². The second-order valence-corrected chi connectivity index (χ2v) is 8.34. The van der Waals surface area contributed by atoms with Gasteiger partial charge < -0.3 is 14.9 Å². The number of nitrogens with zero attached hydrogens (tertiary/aromatic N) is 3. The highest BCUT2D eigenvalue weighted by molar-refractivity contribution is 6.33. The van der Waals surface area contributed by atoms with Crippen molar-refractivity contribution in [1.82, 2.24) is 14.1 Å². The van der Waals surface area contributed by atoms with Crippen LogP contribution in [0.15, 0.2) is 52.1 Å². The summed E-state index contributed by atoms with van der Waals surface area (Å²) < 4.78 is 7.44. The van der Waals surface area contributed by atoms with Crippen LogP contribution in [0.4, 0.5) is 11.6 Å². The maximum absolute atomic E-state index is 13.2. The van der Waals surface area contributed by atoms with E-state index in [1.165, 1.54) is 4.57 Å². The average Bonchev–Trinajstić information content (AvgIpc) is 2.81. The summed E-state index contributed by atoms with van der Waals surface area (Å²) in [6.45, 7) is 4.81. The van der Waals surface area contributed by atoms with E-state index < -0.39 is 29.7 Å². The second-order valence-electron chi connectivity index (χ2n) is 7.90. The highest BCUT2D eigenvalue weighted by Crippen LogP contribution is 2.24. The normalized spacial score (nSPS) is 10.8. The largest absolute Gasteiger partial charge is 0.491 e. The highest BCUT2D eigenvalue weighted by Gasteiger charge is 2.21. The summed E-state index contributed by atoms with van der Waals surface area (Å²) in [4.78, 5) is 57.0. The standard InChI is InChI=1S/C23H24ClN5O6/c1-13(2)34-19-9-8-17(10-14(19)3)26-21-27-22(32)29(12-18(30)20(31)35-25)23(33)28(21)11-15-4-6-16(24)7-5-15/h4-10,13H,11-12,25H2,1-3H3,(H,26,27,32). The molecule has 0 aliphatic carbocycles. The number of ketones is 1. The van der Waals surface area contributed by atoms with E-state index in [1.54, 1.807) is 42.5 Å². The Balaban J connectivity index is 2.05. The molecule has 3 N–H and O–H groups in total. The first-order chi connectivity index (χ1) is 16.6. The number of halogens is 1. The molecular weight excluding hydrogens is 478 g/mol. The molecule has 2 aromatic carbocycles. The fourth-order valence-electron chi connectivity index (χ4n) is 3.19. The molecule has 3 aromatic rings. The van der Waals surface area contributed by atoms with Crippen LogP contribution in [0.1, 0.15) is 25.0 Å². The maximum atomic E-state index is 13.2. The molecule has 1 aromatic heterocycles. The molecule has 0 saturated carbocycles. The molecule has 0 radical (unpaired) electrons. The van der Waals surface area contributed by atoms with Gasteiger partial charge in [0.05, 0.1) is 12.6 Å². The number of aryl methyl sites for hydroxylation is 1. The third kappa shape index (κ3) is 6.34. The minimum absolute atomic E-state index is 0.00529. The van der Waals surface area contributed by atoms with Crippen molar-refractivity contribution in [2.75, 3.05) is 5.32 Å². The number of hydrogen-bond donors (Lipinski definition) is 2. The molecule has 0 bridgehead atoms. The Morgan fingerprint density at radius 3 is 2.40 bits per heavy atom. The van der Waals surface area contributed by atoms with E-state index in [0.717, 1.165) is 5.56 Å². The van der Waals surface area contributed by atoms with Gasteiger partial charge >= 0.3 is 17.3 Å². The average molecular weight is 502 g/mol. The van der Waals surface area contributed by atoms with Crippen molar-refractivity contribution in [2.45, 2.75) is 40.0 Å². The lowest BCUT2D eigenvalue weighted by molar-refractivity contribution is -0.154. The fraction of sp³-hybridized carbons (Fsp3) is 0.261. The first kappa shape index (κ1) is 25.7. The predicted octanol–water partition coefficient (Wildman–Crippen LogP) is 1.93. The molecule has 3 rings (SSSR count). The molecule has 0 amide bonds. The minimum Gasteiger partial charge on any atom is -0.491 e. The van der Waals surface area contributed by atoms with E-state index in [2.05, 4.69) is 15.1 Å². The number of carbonyl (C=O) groups excluding carboxylic acids is 2. The van der Waals surface area contributed by atoms with E-state index in [0.29, 0.717) is 26.6 Å². The Kier molecular flexibility index (Phi) is 8.05. The van der Waals surface area contributed by atoms with Crippen LogP contribution in [0.25, 0.3) is 0 Å². The Bertz CT molecular complexity index is 1360. The van der Waals surface area contributed by atoms with Crippen molar-refractivity contribution < 1.29 is 19.2 Å². The van der Waals surface area contributed by atoms with E-state index in [9.17, 15) is 19.2 Å². The van der Waals surface area contributed by atoms with E-state index in [4.69, 9.17) is 22.2 Å². The van der Waals surface area contributed by atoms with Crippen LogP contribution in [0.3, 0.4) is 0 Å². The van der Waals surface area contributed by atoms with Crippen LogP contribution < -0.4 is 27.3 Å². The van der Waals surface area contributed by atoms with Crippen molar-refractivity contribution in [3.8, 4) is 5.75 Å². The lowest BCUT2D eigenvalue weighted by Gasteiger charge is -2.17. The van der Waals surface area contributed by atoms with Gasteiger partial charge in [-0.05, 0) is 62.2 Å². The van der Waals surface area contributed by atoms with Gasteiger partial charge in [0.1, 0.15) is 12.3 Å². The molecule has 35 heavy (non-hydrogen) atoms. The molecule has 0 atom stereocenters. The van der Waals surface area contributed by atoms with Crippen LogP contribution in [-0.2, 0) is 27.5 Å². The summed E-state index contributed by atoms with van der Waals surface area (Å²) in [7, 11) is 0. The van der Waals surface area contributed by atoms with Gasteiger partial charge in [-0.2, -0.15) is 10.9 Å². The third-order valence-electron chi connectivity index (χ3n) is 4.83. The monoisotopic (exact) mass is 501 g/mol. The van der Waals surface area contributed by atoms with Crippen molar-refractivity contribution in [2.24, 2.45) is 5.90 Å². The van der Waals surface area contributed by atoms with Gasteiger partial charge in [-0.3, -0.25) is 9.36 Å². The quantitative estimate of drug-likeness (QED) is 0.331. The van der Waals surface area contributed by atoms with Gasteiger partial charge in [-0.15, -0.1) is 0 Å². The molecule has 1 heterocycles. The fourth-order valence-corrected chi connectivity index (χ4v) is 3.32. The van der Waals surface area contributed by atoms with E-state index in [-0.39, 0.29) is 18.6 Å². The predicted molar refractivity (Wildman–Crippen MR) is 129 cm³/mol. The highest BCUT2D eigenvalue weighted by atomic mass is 35.5. The summed E-state index contributed by atoms with van der Waals surface area (Å²) >= 11 is 5.95. The lowest BCUT2D eigenvalue weighted by atomic mass is 10.2. The Hall–Kier alpha value is -3.96. The SMILES string of the molecule is Cc1cc(Nc2nc(=O)n(CC(=O)C(=O)ON)c(=O)n2Cc2ccc(Cl)cc2)ccc1OC(C)C. The van der Waals surface area contributed by atoms with Crippen molar-refractivity contribution >= 4 is 35.0 Å². The van der Waals surface area contributed by atoms with Gasteiger partial charge in [-0.1, -0.05) is 23.7 Å². The van der Waals surface area contributed by atoms with E-state index in [1.807, 2.05) is 20.8 Å². The first-order valence-corrected chi connectivity index (χ1v) is 10.9. The van der Waals surface area contributed by atoms with Gasteiger partial charge in [0.15, 0.2) is 0 Å². The molecule has 0 unspecified atom stereocenters. The van der Waals surface area contributed by atoms with E-state index >= 15 is 0 Å². The summed E-state index contributed by atoms with van der Waals surface area (Å²) in [5.41, 5.74) is 0.164. The number of benzene rings is 2. The molecule has 184 valence electrons. The first-order valence-electron chi connectivity index (χ1n) is 10.5.